The van der Waals surface area contributed by atoms with Crippen molar-refractivity contribution >= 4 is 12.0 Å². The number of hydrogen-bond acceptors (Lipinski definition) is 2. The molecule has 0 amide bonds. The van der Waals surface area contributed by atoms with Gasteiger partial charge in [0.1, 0.15) is 0 Å². The molecule has 0 unspecified atom stereocenters. The molecule has 0 atom stereocenters. The van der Waals surface area contributed by atoms with Gasteiger partial charge in [-0.05, 0) is 11.6 Å². The second-order valence-corrected chi connectivity index (χ2v) is 2.14. The van der Waals surface area contributed by atoms with Crippen LogP contribution in [0, 0.1) is 0 Å². The van der Waals surface area contributed by atoms with Crippen molar-refractivity contribution in [3.63, 3.8) is 0 Å². The summed E-state index contributed by atoms with van der Waals surface area (Å²) in [5, 5.41) is 9.14. The maximum atomic E-state index is 9.14. The van der Waals surface area contributed by atoms with Gasteiger partial charge in [0.15, 0.2) is 0 Å². The van der Waals surface area contributed by atoms with Gasteiger partial charge in [0, 0.05) is 0 Å². The lowest BCUT2D eigenvalue weighted by molar-refractivity contribution is -0.297. The van der Waals surface area contributed by atoms with Crippen LogP contribution < -0.4 is 11.3 Å². The summed E-state index contributed by atoms with van der Waals surface area (Å²) in [5.41, 5.74) is 1.17. The van der Waals surface area contributed by atoms with Gasteiger partial charge in [-0.1, -0.05) is 49.6 Å². The number of carboxylic acids is 1. The summed E-state index contributed by atoms with van der Waals surface area (Å²) in [5.74, 6) is -1.23. The van der Waals surface area contributed by atoms with E-state index in [9.17, 15) is 0 Å². The zero-order chi connectivity index (χ0) is 10.1. The number of carbonyl (C=O) groups excluding carboxylic acids is 1. The third-order valence-corrected chi connectivity index (χ3v) is 1.20. The van der Waals surface area contributed by atoms with E-state index in [0.29, 0.717) is 0 Å². The van der Waals surface area contributed by atoms with E-state index in [1.54, 1.807) is 0 Å². The summed E-state index contributed by atoms with van der Waals surface area (Å²) in [6, 6.07) is 10.0. The van der Waals surface area contributed by atoms with Crippen molar-refractivity contribution in [3.8, 4) is 0 Å². The van der Waals surface area contributed by atoms with Gasteiger partial charge in [-0.3, -0.25) is 0 Å². The molecule has 0 aliphatic rings. The maximum Gasteiger partial charge on any atom is 0.0636 e. The fourth-order valence-corrected chi connectivity index (χ4v) is 0.589. The lowest BCUT2D eigenvalue weighted by Gasteiger charge is -1.85. The molecule has 0 aliphatic heterocycles. The Hall–Kier alpha value is -1.87. The zero-order valence-electron chi connectivity index (χ0n) is 8.27. The summed E-state index contributed by atoms with van der Waals surface area (Å²) in [7, 11) is 0. The van der Waals surface area contributed by atoms with Gasteiger partial charge in [0.25, 0.3) is 0 Å². The Balaban J connectivity index is 0. The average molecular weight is 193 g/mol. The van der Waals surface area contributed by atoms with E-state index in [1.807, 2.05) is 36.4 Å². The minimum atomic E-state index is -1.23. The second-order valence-electron chi connectivity index (χ2n) is 2.14. The third-order valence-electron chi connectivity index (χ3n) is 1.20. The van der Waals surface area contributed by atoms with Crippen LogP contribution in [0.5, 0.6) is 0 Å². The SMILES string of the molecule is C=CC(=O)[O-].C=Cc1ccccc1.[NH4+]. The normalized spacial score (nSPS) is 7.14. The van der Waals surface area contributed by atoms with Crippen molar-refractivity contribution in [2.75, 3.05) is 0 Å². The first kappa shape index (κ1) is 14.6. The molecule has 0 spiro atoms. The highest BCUT2D eigenvalue weighted by molar-refractivity contribution is 5.76. The molecule has 3 heteroatoms. The topological polar surface area (TPSA) is 76.6 Å². The van der Waals surface area contributed by atoms with E-state index in [2.05, 4.69) is 13.2 Å². The van der Waals surface area contributed by atoms with Crippen LogP contribution in [0.3, 0.4) is 0 Å². The van der Waals surface area contributed by atoms with Crippen molar-refractivity contribution in [2.45, 2.75) is 0 Å². The molecule has 0 heterocycles. The van der Waals surface area contributed by atoms with E-state index in [-0.39, 0.29) is 6.15 Å². The van der Waals surface area contributed by atoms with Gasteiger partial charge in [-0.15, -0.1) is 0 Å². The lowest BCUT2D eigenvalue weighted by atomic mass is 10.2. The van der Waals surface area contributed by atoms with E-state index in [1.165, 1.54) is 5.56 Å². The van der Waals surface area contributed by atoms with E-state index in [0.717, 1.165) is 6.08 Å². The van der Waals surface area contributed by atoms with Gasteiger partial charge >= 0.3 is 0 Å². The smallest absolute Gasteiger partial charge is 0.0636 e. The Bertz CT molecular complexity index is 281. The first-order valence-corrected chi connectivity index (χ1v) is 3.71. The Morgan fingerprint density at radius 1 is 1.21 bits per heavy atom. The molecule has 1 aromatic rings. The highest BCUT2D eigenvalue weighted by Crippen LogP contribution is 1.97. The molecular weight excluding hydrogens is 178 g/mol. The minimum Gasteiger partial charge on any atom is -0.545 e. The van der Waals surface area contributed by atoms with Crippen LogP contribution in [0.1, 0.15) is 5.56 Å². The van der Waals surface area contributed by atoms with Gasteiger partial charge in [-0.25, -0.2) is 0 Å². The molecule has 0 aliphatic carbocycles. The number of aliphatic carboxylic acids is 1. The molecule has 4 N–H and O–H groups in total. The summed E-state index contributed by atoms with van der Waals surface area (Å²) >= 11 is 0. The molecule has 0 saturated heterocycles. The van der Waals surface area contributed by atoms with Crippen LogP contribution in [0.25, 0.3) is 6.08 Å². The van der Waals surface area contributed by atoms with Crippen molar-refractivity contribution < 1.29 is 9.90 Å². The first-order chi connectivity index (χ1) is 6.20. The highest BCUT2D eigenvalue weighted by atomic mass is 16.4. The summed E-state index contributed by atoms with van der Waals surface area (Å²) < 4.78 is 0. The Morgan fingerprint density at radius 3 is 1.86 bits per heavy atom. The van der Waals surface area contributed by atoms with Gasteiger partial charge in [-0.2, -0.15) is 0 Å². The van der Waals surface area contributed by atoms with E-state index in [4.69, 9.17) is 9.90 Å². The molecule has 76 valence electrons. The van der Waals surface area contributed by atoms with Gasteiger partial charge < -0.3 is 16.1 Å². The largest absolute Gasteiger partial charge is 0.545 e. The molecule has 0 saturated carbocycles. The molecule has 1 aromatic carbocycles. The average Bonchev–Trinajstić information content (AvgIpc) is 2.20. The third kappa shape index (κ3) is 8.23. The number of benzene rings is 1. The molecule has 3 nitrogen and oxygen atoms in total. The molecule has 0 fully saturated rings. The second kappa shape index (κ2) is 9.22. The van der Waals surface area contributed by atoms with Crippen LogP contribution in [-0.4, -0.2) is 5.97 Å². The number of rotatable bonds is 2. The highest BCUT2D eigenvalue weighted by Gasteiger charge is 1.75. The fraction of sp³-hybridized carbons (Fsp3) is 0. The zero-order valence-corrected chi connectivity index (χ0v) is 8.27. The summed E-state index contributed by atoms with van der Waals surface area (Å²) in [6.45, 7) is 6.53. The van der Waals surface area contributed by atoms with E-state index < -0.39 is 5.97 Å². The predicted octanol–water partition coefficient (Wildman–Crippen LogP) is 1.63. The molecule has 14 heavy (non-hydrogen) atoms. The van der Waals surface area contributed by atoms with Gasteiger partial charge in [0.05, 0.1) is 5.97 Å². The fourth-order valence-electron chi connectivity index (χ4n) is 0.589. The van der Waals surface area contributed by atoms with Crippen LogP contribution in [-0.2, 0) is 4.79 Å². The van der Waals surface area contributed by atoms with Gasteiger partial charge in [0.2, 0.25) is 0 Å². The lowest BCUT2D eigenvalue weighted by Crippen LogP contribution is -2.17. The van der Waals surface area contributed by atoms with E-state index >= 15 is 0 Å². The molecule has 0 radical (unpaired) electrons. The van der Waals surface area contributed by atoms with Crippen LogP contribution in [0.4, 0.5) is 0 Å². The van der Waals surface area contributed by atoms with Crippen LogP contribution >= 0.6 is 0 Å². The Labute approximate surface area is 84.0 Å². The summed E-state index contributed by atoms with van der Waals surface area (Å²) in [4.78, 5) is 9.14. The first-order valence-electron chi connectivity index (χ1n) is 3.71. The maximum absolute atomic E-state index is 9.14. The Kier molecular flexibility index (Phi) is 9.64. The number of quaternary nitrogens is 1. The van der Waals surface area contributed by atoms with Crippen molar-refractivity contribution in [2.24, 2.45) is 0 Å². The monoisotopic (exact) mass is 193 g/mol. The molecule has 0 bridgehead atoms. The van der Waals surface area contributed by atoms with Crippen molar-refractivity contribution in [1.29, 1.82) is 0 Å². The Morgan fingerprint density at radius 2 is 1.64 bits per heavy atom. The van der Waals surface area contributed by atoms with Crippen molar-refractivity contribution in [3.05, 3.63) is 55.1 Å². The van der Waals surface area contributed by atoms with Crippen LogP contribution in [0.2, 0.25) is 0 Å². The number of carboxylic acid groups (broad SMARTS) is 1. The number of carbonyl (C=O) groups is 1. The molecular formula is C11H15NO2. The summed E-state index contributed by atoms with van der Waals surface area (Å²) in [6.07, 6.45) is 2.56. The quantitative estimate of drug-likeness (QED) is 0.724. The standard InChI is InChI=1S/C8H8.C3H4O2.H3N/c1-2-8-6-4-3-5-7-8;1-2-3(4)5;/h2-7H,1H2;2H,1H2,(H,4,5);1H3. The molecule has 0 aromatic heterocycles. The predicted molar refractivity (Wildman–Crippen MR) is 57.7 cm³/mol. The van der Waals surface area contributed by atoms with Crippen molar-refractivity contribution in [1.82, 2.24) is 6.15 Å². The molecule has 1 rings (SSSR count). The number of hydrogen-bond donors (Lipinski definition) is 1. The van der Waals surface area contributed by atoms with Crippen LogP contribution in [0.15, 0.2) is 49.6 Å². The minimum absolute atomic E-state index is 0.